The number of hydrogen-bond acceptors (Lipinski definition) is 3. The summed E-state index contributed by atoms with van der Waals surface area (Å²) in [5, 5.41) is 9.21. The van der Waals surface area contributed by atoms with E-state index >= 15 is 0 Å². The molecule has 2 aliphatic carbocycles. The maximum Gasteiger partial charge on any atom is 0.306 e. The number of aliphatic carboxylic acids is 1. The van der Waals surface area contributed by atoms with Crippen LogP contribution in [-0.4, -0.2) is 35.0 Å². The molecule has 112 valence electrons. The van der Waals surface area contributed by atoms with Gasteiger partial charge in [-0.05, 0) is 49.9 Å². The minimum atomic E-state index is -0.652. The lowest BCUT2D eigenvalue weighted by molar-refractivity contribution is -0.143. The molecule has 8 atom stereocenters. The van der Waals surface area contributed by atoms with Gasteiger partial charge < -0.3 is 14.6 Å². The number of ether oxygens (including phenoxy) is 2. The first-order valence-electron chi connectivity index (χ1n) is 8.05. The Morgan fingerprint density at radius 2 is 1.95 bits per heavy atom. The van der Waals surface area contributed by atoms with Crippen molar-refractivity contribution in [3.8, 4) is 0 Å². The highest BCUT2D eigenvalue weighted by Crippen LogP contribution is 2.58. The summed E-state index contributed by atoms with van der Waals surface area (Å²) in [5.41, 5.74) is -0.00734. The van der Waals surface area contributed by atoms with Gasteiger partial charge >= 0.3 is 5.97 Å². The molecule has 0 bridgehead atoms. The van der Waals surface area contributed by atoms with Crippen molar-refractivity contribution in [2.75, 3.05) is 0 Å². The monoisotopic (exact) mass is 280 g/mol. The fourth-order valence-electron chi connectivity index (χ4n) is 4.85. The largest absolute Gasteiger partial charge is 0.481 e. The van der Waals surface area contributed by atoms with E-state index in [2.05, 4.69) is 13.8 Å². The van der Waals surface area contributed by atoms with Crippen molar-refractivity contribution in [3.05, 3.63) is 0 Å². The fraction of sp³-hybridized carbons (Fsp3) is 0.938. The van der Waals surface area contributed by atoms with E-state index in [-0.39, 0.29) is 17.6 Å². The molecule has 0 spiro atoms. The molecule has 0 radical (unpaired) electrons. The standard InChI is InChI=1S/C16H24O4/c1-8-3-12-13(19-12)5-11(8)7-16-9(2)4-10(15(17)18)6-14(16)20-16/h8-14H,3-7H2,1-2H3,(H,17,18). The molecule has 1 N–H and O–H groups in total. The highest BCUT2D eigenvalue weighted by molar-refractivity contribution is 5.70. The molecule has 2 saturated carbocycles. The van der Waals surface area contributed by atoms with E-state index in [9.17, 15) is 9.90 Å². The molecule has 4 aliphatic rings. The summed E-state index contributed by atoms with van der Waals surface area (Å²) in [4.78, 5) is 11.2. The Kier molecular flexibility index (Phi) is 2.75. The Balaban J connectivity index is 1.43. The van der Waals surface area contributed by atoms with Crippen LogP contribution < -0.4 is 0 Å². The molecular formula is C16H24O4. The Morgan fingerprint density at radius 1 is 1.20 bits per heavy atom. The van der Waals surface area contributed by atoms with Gasteiger partial charge in [0.05, 0.1) is 29.8 Å². The van der Waals surface area contributed by atoms with Crippen LogP contribution in [0.3, 0.4) is 0 Å². The number of carboxylic acids is 1. The molecule has 4 nitrogen and oxygen atoms in total. The second kappa shape index (κ2) is 4.20. The molecule has 20 heavy (non-hydrogen) atoms. The zero-order valence-electron chi connectivity index (χ0n) is 12.2. The van der Waals surface area contributed by atoms with Crippen molar-refractivity contribution in [2.45, 2.75) is 69.9 Å². The molecule has 4 rings (SSSR count). The minimum Gasteiger partial charge on any atom is -0.481 e. The molecule has 4 heteroatoms. The molecule has 2 heterocycles. The molecule has 0 aromatic rings. The second-order valence-electron chi connectivity index (χ2n) is 7.59. The van der Waals surface area contributed by atoms with Gasteiger partial charge in [-0.25, -0.2) is 0 Å². The van der Waals surface area contributed by atoms with Crippen LogP contribution in [0.25, 0.3) is 0 Å². The zero-order chi connectivity index (χ0) is 14.1. The number of rotatable bonds is 3. The lowest BCUT2D eigenvalue weighted by atomic mass is 9.67. The van der Waals surface area contributed by atoms with E-state index < -0.39 is 5.97 Å². The zero-order valence-corrected chi connectivity index (χ0v) is 12.2. The molecule has 2 aliphatic heterocycles. The topological polar surface area (TPSA) is 62.4 Å². The summed E-state index contributed by atoms with van der Waals surface area (Å²) in [5.74, 6) is 0.911. The Bertz CT molecular complexity index is 436. The second-order valence-corrected chi connectivity index (χ2v) is 7.59. The quantitative estimate of drug-likeness (QED) is 0.807. The average molecular weight is 280 g/mol. The first kappa shape index (κ1) is 13.1. The van der Waals surface area contributed by atoms with Gasteiger partial charge in [-0.3, -0.25) is 4.79 Å². The van der Waals surface area contributed by atoms with Gasteiger partial charge in [0.2, 0.25) is 0 Å². The third-order valence-corrected chi connectivity index (χ3v) is 6.38. The van der Waals surface area contributed by atoms with Crippen molar-refractivity contribution in [2.24, 2.45) is 23.7 Å². The van der Waals surface area contributed by atoms with Crippen LogP contribution >= 0.6 is 0 Å². The Morgan fingerprint density at radius 3 is 2.65 bits per heavy atom. The van der Waals surface area contributed by atoms with Crippen LogP contribution in [0.4, 0.5) is 0 Å². The number of fused-ring (bicyclic) bond motifs is 2. The van der Waals surface area contributed by atoms with Crippen molar-refractivity contribution >= 4 is 5.97 Å². The average Bonchev–Trinajstić information content (AvgIpc) is 3.25. The predicted octanol–water partition coefficient (Wildman–Crippen LogP) is 2.46. The van der Waals surface area contributed by atoms with Gasteiger partial charge in [0.1, 0.15) is 0 Å². The highest BCUT2D eigenvalue weighted by Gasteiger charge is 2.65. The van der Waals surface area contributed by atoms with E-state index in [1.165, 1.54) is 12.8 Å². The van der Waals surface area contributed by atoms with E-state index in [0.717, 1.165) is 12.8 Å². The molecule has 0 aromatic carbocycles. The van der Waals surface area contributed by atoms with Gasteiger partial charge in [-0.2, -0.15) is 0 Å². The lowest BCUT2D eigenvalue weighted by Crippen LogP contribution is -2.38. The number of carboxylic acid groups (broad SMARTS) is 1. The van der Waals surface area contributed by atoms with Crippen molar-refractivity contribution in [3.63, 3.8) is 0 Å². The van der Waals surface area contributed by atoms with Gasteiger partial charge in [0, 0.05) is 0 Å². The van der Waals surface area contributed by atoms with Gasteiger partial charge in [-0.1, -0.05) is 13.8 Å². The number of epoxide rings is 2. The van der Waals surface area contributed by atoms with Crippen LogP contribution in [0.5, 0.6) is 0 Å². The first-order valence-corrected chi connectivity index (χ1v) is 8.05. The predicted molar refractivity (Wildman–Crippen MR) is 72.3 cm³/mol. The first-order chi connectivity index (χ1) is 9.49. The maximum absolute atomic E-state index is 11.2. The van der Waals surface area contributed by atoms with E-state index in [4.69, 9.17) is 9.47 Å². The summed E-state index contributed by atoms with van der Waals surface area (Å²) < 4.78 is 11.7. The third kappa shape index (κ3) is 1.92. The van der Waals surface area contributed by atoms with Crippen LogP contribution in [0, 0.1) is 23.7 Å². The molecule has 0 aromatic heterocycles. The Hall–Kier alpha value is -0.610. The van der Waals surface area contributed by atoms with Crippen LogP contribution in [0.1, 0.15) is 46.0 Å². The summed E-state index contributed by atoms with van der Waals surface area (Å²) in [6.07, 6.45) is 6.21. The fourth-order valence-corrected chi connectivity index (χ4v) is 4.85. The van der Waals surface area contributed by atoms with Crippen molar-refractivity contribution < 1.29 is 19.4 Å². The van der Waals surface area contributed by atoms with Crippen LogP contribution in [-0.2, 0) is 14.3 Å². The summed E-state index contributed by atoms with van der Waals surface area (Å²) >= 11 is 0. The van der Waals surface area contributed by atoms with E-state index in [1.54, 1.807) is 0 Å². The van der Waals surface area contributed by atoms with E-state index in [0.29, 0.717) is 36.4 Å². The molecular weight excluding hydrogens is 256 g/mol. The SMILES string of the molecule is CC1CC2OC2CC1CC12OC1CC(C(=O)O)CC2C. The molecule has 0 amide bonds. The number of hydrogen-bond donors (Lipinski definition) is 1. The molecule has 8 unspecified atom stereocenters. The maximum atomic E-state index is 11.2. The summed E-state index contributed by atoms with van der Waals surface area (Å²) in [6, 6.07) is 0. The normalized spacial score (nSPS) is 56.6. The van der Waals surface area contributed by atoms with Crippen molar-refractivity contribution in [1.82, 2.24) is 0 Å². The Labute approximate surface area is 119 Å². The molecule has 2 saturated heterocycles. The summed E-state index contributed by atoms with van der Waals surface area (Å²) in [6.45, 7) is 4.52. The van der Waals surface area contributed by atoms with Crippen LogP contribution in [0.2, 0.25) is 0 Å². The smallest absolute Gasteiger partial charge is 0.306 e. The highest BCUT2D eigenvalue weighted by atomic mass is 16.6. The van der Waals surface area contributed by atoms with Gasteiger partial charge in [0.25, 0.3) is 0 Å². The summed E-state index contributed by atoms with van der Waals surface area (Å²) in [7, 11) is 0. The van der Waals surface area contributed by atoms with Gasteiger partial charge in [0.15, 0.2) is 0 Å². The minimum absolute atomic E-state index is 0.00734. The number of carbonyl (C=O) groups is 1. The van der Waals surface area contributed by atoms with E-state index in [1.807, 2.05) is 0 Å². The third-order valence-electron chi connectivity index (χ3n) is 6.38. The van der Waals surface area contributed by atoms with Gasteiger partial charge in [-0.15, -0.1) is 0 Å². The lowest BCUT2D eigenvalue weighted by Gasteiger charge is -2.34. The van der Waals surface area contributed by atoms with Crippen LogP contribution in [0.15, 0.2) is 0 Å². The molecule has 4 fully saturated rings. The van der Waals surface area contributed by atoms with Crippen molar-refractivity contribution in [1.29, 1.82) is 0 Å².